The molecular weight excluding hydrogens is 594 g/mol. The highest BCUT2D eigenvalue weighted by molar-refractivity contribution is 14.1. The van der Waals surface area contributed by atoms with E-state index in [4.69, 9.17) is 4.74 Å². The fraction of sp³-hybridized carbons (Fsp3) is 0.0455. The molecule has 5 nitrogen and oxygen atoms in total. The lowest BCUT2D eigenvalue weighted by atomic mass is 10.0. The number of halogens is 2. The van der Waals surface area contributed by atoms with Crippen molar-refractivity contribution in [3.05, 3.63) is 101 Å². The largest absolute Gasteiger partial charge is 0.487 e. The molecule has 3 rings (SSSR count). The topological polar surface area (TPSA) is 76.2 Å². The number of rotatable bonds is 6. The number of nitro benzene ring substituents is 1. The van der Waals surface area contributed by atoms with Crippen molar-refractivity contribution in [2.45, 2.75) is 6.61 Å². The van der Waals surface area contributed by atoms with Crippen molar-refractivity contribution in [3.63, 3.8) is 0 Å². The van der Waals surface area contributed by atoms with Gasteiger partial charge in [0, 0.05) is 12.1 Å². The molecule has 0 saturated carbocycles. The number of ether oxygens (including phenoxy) is 1. The summed E-state index contributed by atoms with van der Waals surface area (Å²) in [5.41, 5.74) is 3.01. The number of nitro groups is 1. The van der Waals surface area contributed by atoms with Crippen LogP contribution in [0.2, 0.25) is 0 Å². The molecule has 0 saturated heterocycles. The Balaban J connectivity index is 1.84. The molecule has 3 aromatic carbocycles. The average Bonchev–Trinajstić information content (AvgIpc) is 2.72. The summed E-state index contributed by atoms with van der Waals surface area (Å²) in [4.78, 5) is 10.3. The van der Waals surface area contributed by atoms with Gasteiger partial charge in [-0.1, -0.05) is 30.3 Å². The van der Waals surface area contributed by atoms with Gasteiger partial charge in [-0.15, -0.1) is 0 Å². The molecule has 29 heavy (non-hydrogen) atoms. The van der Waals surface area contributed by atoms with E-state index in [-0.39, 0.29) is 5.69 Å². The lowest BCUT2D eigenvalue weighted by Crippen LogP contribution is -1.99. The van der Waals surface area contributed by atoms with Crippen LogP contribution in [-0.2, 0) is 6.61 Å². The molecule has 3 aromatic rings. The van der Waals surface area contributed by atoms with Crippen LogP contribution in [0, 0.1) is 28.6 Å². The summed E-state index contributed by atoms with van der Waals surface area (Å²) in [5.74, 6) is 0.807. The maximum Gasteiger partial charge on any atom is 0.269 e. The molecule has 0 heterocycles. The van der Waals surface area contributed by atoms with Gasteiger partial charge >= 0.3 is 0 Å². The minimum absolute atomic E-state index is 0.00458. The summed E-state index contributed by atoms with van der Waals surface area (Å²) in [6.07, 6.45) is 1.77. The van der Waals surface area contributed by atoms with Gasteiger partial charge < -0.3 is 4.74 Å². The Morgan fingerprint density at radius 1 is 1.07 bits per heavy atom. The van der Waals surface area contributed by atoms with E-state index in [2.05, 4.69) is 51.3 Å². The molecule has 0 aliphatic carbocycles. The second-order valence-corrected chi connectivity index (χ2v) is 8.39. The van der Waals surface area contributed by atoms with Gasteiger partial charge in [0.15, 0.2) is 0 Å². The molecule has 0 aliphatic rings. The molecular formula is C22H14I2N2O3. The highest BCUT2D eigenvalue weighted by Gasteiger charge is 2.11. The summed E-state index contributed by atoms with van der Waals surface area (Å²) < 4.78 is 7.88. The quantitative estimate of drug-likeness (QED) is 0.106. The third-order valence-electron chi connectivity index (χ3n) is 4.07. The Labute approximate surface area is 195 Å². The van der Waals surface area contributed by atoms with E-state index in [9.17, 15) is 15.4 Å². The normalized spacial score (nSPS) is 11.0. The Morgan fingerprint density at radius 2 is 1.69 bits per heavy atom. The van der Waals surface area contributed by atoms with Crippen molar-refractivity contribution in [1.29, 1.82) is 5.26 Å². The van der Waals surface area contributed by atoms with E-state index in [1.54, 1.807) is 18.2 Å². The minimum Gasteiger partial charge on any atom is -0.487 e. The van der Waals surface area contributed by atoms with Crippen molar-refractivity contribution < 1.29 is 9.66 Å². The van der Waals surface area contributed by atoms with E-state index < -0.39 is 4.92 Å². The van der Waals surface area contributed by atoms with Crippen LogP contribution in [0.15, 0.2) is 66.7 Å². The third-order valence-corrected chi connectivity index (χ3v) is 5.67. The molecule has 0 aromatic heterocycles. The van der Waals surface area contributed by atoms with Crippen LogP contribution in [0.5, 0.6) is 5.75 Å². The Morgan fingerprint density at radius 3 is 2.24 bits per heavy atom. The maximum atomic E-state index is 10.8. The van der Waals surface area contributed by atoms with E-state index in [0.717, 1.165) is 24.0 Å². The van der Waals surface area contributed by atoms with Crippen molar-refractivity contribution in [3.8, 4) is 11.8 Å². The van der Waals surface area contributed by atoms with Crippen LogP contribution in [0.1, 0.15) is 16.7 Å². The predicted molar refractivity (Wildman–Crippen MR) is 129 cm³/mol. The smallest absolute Gasteiger partial charge is 0.269 e. The number of non-ortho nitro benzene ring substituents is 1. The summed E-state index contributed by atoms with van der Waals surface area (Å²) >= 11 is 4.45. The number of benzene rings is 3. The van der Waals surface area contributed by atoms with Gasteiger partial charge in [-0.25, -0.2) is 0 Å². The molecule has 0 radical (unpaired) electrons. The summed E-state index contributed by atoms with van der Waals surface area (Å²) in [5, 5.41) is 20.3. The Hall–Kier alpha value is -2.45. The van der Waals surface area contributed by atoms with E-state index in [1.807, 2.05) is 42.5 Å². The molecule has 0 N–H and O–H groups in total. The highest BCUT2D eigenvalue weighted by atomic mass is 127. The van der Waals surface area contributed by atoms with Crippen LogP contribution >= 0.6 is 45.2 Å². The van der Waals surface area contributed by atoms with Gasteiger partial charge in [-0.05, 0) is 92.2 Å². The van der Waals surface area contributed by atoms with Gasteiger partial charge in [0.1, 0.15) is 12.4 Å². The van der Waals surface area contributed by atoms with Crippen molar-refractivity contribution >= 4 is 62.5 Å². The monoisotopic (exact) mass is 608 g/mol. The third kappa shape index (κ3) is 5.55. The number of nitriles is 1. The lowest BCUT2D eigenvalue weighted by molar-refractivity contribution is -0.384. The summed E-state index contributed by atoms with van der Waals surface area (Å²) in [6, 6.07) is 22.0. The first-order valence-electron chi connectivity index (χ1n) is 8.50. The van der Waals surface area contributed by atoms with Gasteiger partial charge in [-0.3, -0.25) is 10.1 Å². The number of nitrogens with zero attached hydrogens (tertiary/aromatic N) is 2. The minimum atomic E-state index is -0.460. The molecule has 144 valence electrons. The number of hydrogen-bond donors (Lipinski definition) is 0. The molecule has 0 fully saturated rings. The van der Waals surface area contributed by atoms with E-state index in [1.165, 1.54) is 12.1 Å². The summed E-state index contributed by atoms with van der Waals surface area (Å²) in [6.45, 7) is 0.480. The molecule has 0 spiro atoms. The van der Waals surface area contributed by atoms with E-state index >= 15 is 0 Å². The zero-order valence-corrected chi connectivity index (χ0v) is 19.3. The van der Waals surface area contributed by atoms with Gasteiger partial charge in [0.2, 0.25) is 0 Å². The number of hydrogen-bond acceptors (Lipinski definition) is 4. The zero-order valence-electron chi connectivity index (χ0n) is 15.0. The number of allylic oxidation sites excluding steroid dienone is 1. The average molecular weight is 608 g/mol. The lowest BCUT2D eigenvalue weighted by Gasteiger charge is -2.12. The first kappa shape index (κ1) is 21.3. The first-order chi connectivity index (χ1) is 14.0. The van der Waals surface area contributed by atoms with Crippen molar-refractivity contribution in [2.24, 2.45) is 0 Å². The van der Waals surface area contributed by atoms with Gasteiger partial charge in [0.05, 0.1) is 23.7 Å². The molecule has 0 bridgehead atoms. The van der Waals surface area contributed by atoms with Crippen LogP contribution in [0.4, 0.5) is 5.69 Å². The van der Waals surface area contributed by atoms with E-state index in [0.29, 0.717) is 17.7 Å². The molecule has 7 heteroatoms. The van der Waals surface area contributed by atoms with Crippen LogP contribution in [0.3, 0.4) is 0 Å². The highest BCUT2D eigenvalue weighted by Crippen LogP contribution is 2.31. The van der Waals surface area contributed by atoms with Gasteiger partial charge in [-0.2, -0.15) is 5.26 Å². The fourth-order valence-electron chi connectivity index (χ4n) is 2.64. The molecule has 0 unspecified atom stereocenters. The van der Waals surface area contributed by atoms with Crippen molar-refractivity contribution in [1.82, 2.24) is 0 Å². The fourth-order valence-corrected chi connectivity index (χ4v) is 4.77. The van der Waals surface area contributed by atoms with Crippen molar-refractivity contribution in [2.75, 3.05) is 0 Å². The Kier molecular flexibility index (Phi) is 7.22. The predicted octanol–water partition coefficient (Wildman–Crippen LogP) is 6.45. The molecule has 0 atom stereocenters. The zero-order chi connectivity index (χ0) is 20.8. The molecule has 0 amide bonds. The standard InChI is InChI=1S/C22H14I2N2O3/c23-20-11-16(10-18(13-25)17-6-8-19(9-7-17)26(27)28)12-21(24)22(20)29-14-15-4-2-1-3-5-15/h1-12H,14H2/b18-10-. The second-order valence-electron chi connectivity index (χ2n) is 6.06. The van der Waals surface area contributed by atoms with Crippen LogP contribution in [0.25, 0.3) is 11.6 Å². The van der Waals surface area contributed by atoms with Crippen LogP contribution in [-0.4, -0.2) is 4.92 Å². The molecule has 0 aliphatic heterocycles. The summed E-state index contributed by atoms with van der Waals surface area (Å²) in [7, 11) is 0. The first-order valence-corrected chi connectivity index (χ1v) is 10.7. The Bertz CT molecular complexity index is 1080. The second kappa shape index (κ2) is 9.84. The SMILES string of the molecule is N#C/C(=C/c1cc(I)c(OCc2ccccc2)c(I)c1)c1ccc([N+](=O)[O-])cc1. The maximum absolute atomic E-state index is 10.8. The van der Waals surface area contributed by atoms with Crippen LogP contribution < -0.4 is 4.74 Å². The van der Waals surface area contributed by atoms with Gasteiger partial charge in [0.25, 0.3) is 5.69 Å².